The number of nitrogens with two attached hydrogens (primary N) is 1. The minimum absolute atomic E-state index is 0.00676. The van der Waals surface area contributed by atoms with E-state index in [1.54, 1.807) is 0 Å². The van der Waals surface area contributed by atoms with Crippen LogP contribution in [0.15, 0.2) is 60.8 Å². The number of phosphoric ester groups is 1. The Kier molecular flexibility index (Phi) is 34.4. The van der Waals surface area contributed by atoms with Gasteiger partial charge in [0.2, 0.25) is 0 Å². The van der Waals surface area contributed by atoms with Gasteiger partial charge in [-0.3, -0.25) is 18.6 Å². The van der Waals surface area contributed by atoms with E-state index < -0.39 is 45.1 Å². The first-order valence-electron chi connectivity index (χ1n) is 19.3. The summed E-state index contributed by atoms with van der Waals surface area (Å²) in [5.74, 6) is -1.84. The van der Waals surface area contributed by atoms with Crippen LogP contribution in [0.4, 0.5) is 0 Å². The smallest absolute Gasteiger partial charge is 0.472 e. The fourth-order valence-corrected chi connectivity index (χ4v) is 5.59. The lowest BCUT2D eigenvalue weighted by atomic mass is 10.1. The molecule has 0 aliphatic carbocycles. The number of carboxylic acids is 1. The van der Waals surface area contributed by atoms with Crippen LogP contribution in [0.5, 0.6) is 0 Å². The molecule has 0 bridgehead atoms. The fourth-order valence-electron chi connectivity index (χ4n) is 4.81. The molecule has 10 nitrogen and oxygen atoms in total. The van der Waals surface area contributed by atoms with Crippen LogP contribution in [0.25, 0.3) is 0 Å². The molecule has 0 fully saturated rings. The van der Waals surface area contributed by atoms with Crippen molar-refractivity contribution in [3.8, 4) is 0 Å². The highest BCUT2D eigenvalue weighted by Crippen LogP contribution is 2.43. The topological polar surface area (TPSA) is 155 Å². The Morgan fingerprint density at radius 1 is 0.647 bits per heavy atom. The maximum Gasteiger partial charge on any atom is 0.472 e. The molecular weight excluding hydrogens is 669 g/mol. The third-order valence-corrected chi connectivity index (χ3v) is 8.76. The van der Waals surface area contributed by atoms with Gasteiger partial charge in [-0.15, -0.1) is 0 Å². The number of ether oxygens (including phenoxy) is 2. The largest absolute Gasteiger partial charge is 0.480 e. The van der Waals surface area contributed by atoms with E-state index in [0.29, 0.717) is 19.4 Å². The van der Waals surface area contributed by atoms with Crippen molar-refractivity contribution < 1.29 is 42.7 Å². The number of esters is 1. The molecule has 3 atom stereocenters. The van der Waals surface area contributed by atoms with Crippen LogP contribution in [-0.2, 0) is 32.7 Å². The number of aliphatic carboxylic acids is 1. The second-order valence-electron chi connectivity index (χ2n) is 12.7. The first-order valence-corrected chi connectivity index (χ1v) is 20.8. The highest BCUT2D eigenvalue weighted by atomic mass is 31.2. The van der Waals surface area contributed by atoms with E-state index in [-0.39, 0.29) is 13.0 Å². The molecule has 0 saturated heterocycles. The Hall–Kier alpha value is -2.33. The lowest BCUT2D eigenvalue weighted by Gasteiger charge is -2.20. The van der Waals surface area contributed by atoms with Crippen molar-refractivity contribution in [3.05, 3.63) is 60.8 Å². The summed E-state index contributed by atoms with van der Waals surface area (Å²) >= 11 is 0. The van der Waals surface area contributed by atoms with Gasteiger partial charge in [-0.2, -0.15) is 0 Å². The molecule has 0 heterocycles. The number of unbranched alkanes of at least 4 members (excludes halogenated alkanes) is 12. The average molecular weight is 740 g/mol. The summed E-state index contributed by atoms with van der Waals surface area (Å²) < 4.78 is 33.1. The van der Waals surface area contributed by atoms with E-state index in [1.165, 1.54) is 57.8 Å². The molecule has 0 aromatic carbocycles. The summed E-state index contributed by atoms with van der Waals surface area (Å²) in [6, 6.07) is -1.48. The molecule has 0 saturated carbocycles. The van der Waals surface area contributed by atoms with Gasteiger partial charge in [-0.1, -0.05) is 145 Å². The first-order chi connectivity index (χ1) is 24.7. The zero-order valence-corrected chi connectivity index (χ0v) is 32.6. The van der Waals surface area contributed by atoms with E-state index in [0.717, 1.165) is 51.4 Å². The van der Waals surface area contributed by atoms with Crippen LogP contribution in [-0.4, -0.2) is 60.5 Å². The minimum atomic E-state index is -4.63. The van der Waals surface area contributed by atoms with Crippen LogP contribution < -0.4 is 5.73 Å². The molecule has 0 rings (SSSR count). The van der Waals surface area contributed by atoms with Gasteiger partial charge < -0.3 is 25.2 Å². The van der Waals surface area contributed by atoms with Gasteiger partial charge in [0.05, 0.1) is 19.8 Å². The first kappa shape index (κ1) is 48.7. The molecule has 3 unspecified atom stereocenters. The predicted molar refractivity (Wildman–Crippen MR) is 207 cm³/mol. The van der Waals surface area contributed by atoms with Crippen molar-refractivity contribution in [1.82, 2.24) is 0 Å². The Bertz CT molecular complexity index is 1040. The number of phosphoric acid groups is 1. The second-order valence-corrected chi connectivity index (χ2v) is 14.1. The van der Waals surface area contributed by atoms with Crippen molar-refractivity contribution in [2.75, 3.05) is 26.4 Å². The quantitative estimate of drug-likeness (QED) is 0.0245. The summed E-state index contributed by atoms with van der Waals surface area (Å²) in [4.78, 5) is 33.4. The third-order valence-electron chi connectivity index (χ3n) is 7.81. The average Bonchev–Trinajstić information content (AvgIpc) is 3.10. The zero-order valence-electron chi connectivity index (χ0n) is 31.7. The minimum Gasteiger partial charge on any atom is -0.480 e. The monoisotopic (exact) mass is 739 g/mol. The Morgan fingerprint density at radius 2 is 1.12 bits per heavy atom. The van der Waals surface area contributed by atoms with Crippen LogP contribution in [0.2, 0.25) is 0 Å². The summed E-state index contributed by atoms with van der Waals surface area (Å²) in [6.45, 7) is 3.67. The maximum atomic E-state index is 12.5. The van der Waals surface area contributed by atoms with Crippen LogP contribution >= 0.6 is 7.82 Å². The number of hydrogen-bond acceptors (Lipinski definition) is 8. The predicted octanol–water partition coefficient (Wildman–Crippen LogP) is 10.1. The number of rotatable bonds is 36. The van der Waals surface area contributed by atoms with Gasteiger partial charge in [0.15, 0.2) is 0 Å². The van der Waals surface area contributed by atoms with Crippen molar-refractivity contribution >= 4 is 19.8 Å². The Morgan fingerprint density at radius 3 is 1.63 bits per heavy atom. The summed E-state index contributed by atoms with van der Waals surface area (Å²) in [6.07, 6.45) is 41.4. The second kappa shape index (κ2) is 36.0. The molecular formula is C40H70NO9P. The SMILES string of the molecule is CC/C=C\C/C=C\C/C=C\C/C=C\C/C=C\CCCC(=O)OC(COCCCCCCCCCCCCCC)COP(=O)(O)OCC(N)C(=O)O. The van der Waals surface area contributed by atoms with Crippen LogP contribution in [0, 0.1) is 0 Å². The van der Waals surface area contributed by atoms with Crippen molar-refractivity contribution in [2.45, 2.75) is 154 Å². The summed E-state index contributed by atoms with van der Waals surface area (Å²) in [5.41, 5.74) is 5.33. The van der Waals surface area contributed by atoms with Gasteiger partial charge in [-0.25, -0.2) is 4.57 Å². The highest BCUT2D eigenvalue weighted by Gasteiger charge is 2.27. The number of carboxylic acid groups (broad SMARTS) is 1. The lowest BCUT2D eigenvalue weighted by molar-refractivity contribution is -0.154. The van der Waals surface area contributed by atoms with E-state index in [9.17, 15) is 19.0 Å². The van der Waals surface area contributed by atoms with Crippen molar-refractivity contribution in [3.63, 3.8) is 0 Å². The molecule has 0 aliphatic rings. The van der Waals surface area contributed by atoms with Crippen molar-refractivity contribution in [2.24, 2.45) is 5.73 Å². The molecule has 0 aromatic heterocycles. The fraction of sp³-hybridized carbons (Fsp3) is 0.700. The normalized spacial score (nSPS) is 14.7. The number of hydrogen-bond donors (Lipinski definition) is 3. The van der Waals surface area contributed by atoms with E-state index >= 15 is 0 Å². The highest BCUT2D eigenvalue weighted by molar-refractivity contribution is 7.47. The number of allylic oxidation sites excluding steroid dienone is 10. The third kappa shape index (κ3) is 35.8. The van der Waals surface area contributed by atoms with E-state index in [1.807, 2.05) is 6.08 Å². The molecule has 11 heteroatoms. The van der Waals surface area contributed by atoms with Gasteiger partial charge in [0.1, 0.15) is 12.1 Å². The van der Waals surface area contributed by atoms with Crippen LogP contribution in [0.3, 0.4) is 0 Å². The zero-order chi connectivity index (χ0) is 37.7. The van der Waals surface area contributed by atoms with Crippen LogP contribution in [0.1, 0.15) is 142 Å². The van der Waals surface area contributed by atoms with E-state index in [4.69, 9.17) is 24.8 Å². The van der Waals surface area contributed by atoms with Gasteiger partial charge in [0, 0.05) is 13.0 Å². The number of carbonyl (C=O) groups excluding carboxylic acids is 1. The van der Waals surface area contributed by atoms with Gasteiger partial charge in [0.25, 0.3) is 0 Å². The van der Waals surface area contributed by atoms with Crippen molar-refractivity contribution in [1.29, 1.82) is 0 Å². The summed E-state index contributed by atoms with van der Waals surface area (Å²) in [5, 5.41) is 8.86. The maximum absolute atomic E-state index is 12.5. The molecule has 0 spiro atoms. The molecule has 0 aliphatic heterocycles. The summed E-state index contributed by atoms with van der Waals surface area (Å²) in [7, 11) is -4.63. The molecule has 294 valence electrons. The van der Waals surface area contributed by atoms with Gasteiger partial charge >= 0.3 is 19.8 Å². The molecule has 0 aromatic rings. The standard InChI is InChI=1S/C40H70NO9P/c1-3-5-7-9-11-13-15-17-18-19-20-21-22-24-26-28-30-32-39(42)50-37(35-48-51(45,46)49-36-38(41)40(43)44)34-47-33-31-29-27-25-23-16-14-12-10-8-6-4-2/h5,7,11,13,17-18,20-21,24,26,37-38H,3-4,6,8-10,12,14-16,19,22-23,25,27-36,41H2,1-2H3,(H,43,44)(H,45,46)/b7-5-,13-11-,18-17-,21-20-,26-24-. The molecule has 4 N–H and O–H groups in total. The molecule has 0 amide bonds. The van der Waals surface area contributed by atoms with E-state index in [2.05, 4.69) is 73.1 Å². The van der Waals surface area contributed by atoms with Gasteiger partial charge in [-0.05, 0) is 51.4 Å². The molecule has 51 heavy (non-hydrogen) atoms. The lowest BCUT2D eigenvalue weighted by Crippen LogP contribution is -2.34. The Balaban J connectivity index is 4.42. The Labute approximate surface area is 309 Å². The molecule has 0 radical (unpaired) electrons. The number of carbonyl (C=O) groups is 2.